The predicted octanol–water partition coefficient (Wildman–Crippen LogP) is 2.65. The third-order valence-electron chi connectivity index (χ3n) is 2.49. The van der Waals surface area contributed by atoms with Crippen LogP contribution in [0.1, 0.15) is 5.56 Å². The molecule has 2 aromatic rings. The molecule has 1 N–H and O–H groups in total. The number of halogens is 3. The summed E-state index contributed by atoms with van der Waals surface area (Å²) in [6.07, 6.45) is -1.92. The maximum absolute atomic E-state index is 12.9. The lowest BCUT2D eigenvalue weighted by molar-refractivity contribution is -0.138. The molecule has 0 aliphatic carbocycles. The summed E-state index contributed by atoms with van der Waals surface area (Å²) in [5.41, 5.74) is -0.978. The Bertz CT molecular complexity index is 605. The summed E-state index contributed by atoms with van der Waals surface area (Å²) in [5, 5.41) is 8.71. The molecule has 0 amide bonds. The quantitative estimate of drug-likeness (QED) is 0.932. The first kappa shape index (κ1) is 13.1. The van der Waals surface area contributed by atoms with E-state index in [0.717, 1.165) is 10.6 Å². The summed E-state index contributed by atoms with van der Waals surface area (Å²) in [6, 6.07) is 4.93. The van der Waals surface area contributed by atoms with Crippen molar-refractivity contribution in [3.05, 3.63) is 42.2 Å². The van der Waals surface area contributed by atoms with Crippen LogP contribution >= 0.6 is 0 Å². The van der Waals surface area contributed by atoms with Crippen molar-refractivity contribution >= 4 is 5.97 Å². The zero-order valence-electron chi connectivity index (χ0n) is 9.55. The number of hydrogen-bond donors (Lipinski definition) is 1. The van der Waals surface area contributed by atoms with Crippen LogP contribution in [-0.2, 0) is 17.5 Å². The first-order valence-corrected chi connectivity index (χ1v) is 5.29. The molecule has 0 fully saturated rings. The fourth-order valence-corrected chi connectivity index (χ4v) is 1.75. The van der Waals surface area contributed by atoms with E-state index in [2.05, 4.69) is 4.98 Å². The second-order valence-corrected chi connectivity index (χ2v) is 3.82. The summed E-state index contributed by atoms with van der Waals surface area (Å²) in [4.78, 5) is 14.5. The molecule has 7 heteroatoms. The van der Waals surface area contributed by atoms with Gasteiger partial charge in [0.1, 0.15) is 12.4 Å². The smallest absolute Gasteiger partial charge is 0.417 e. The molecule has 0 bridgehead atoms. The minimum atomic E-state index is -4.52. The lowest BCUT2D eigenvalue weighted by Crippen LogP contribution is -2.12. The molecule has 4 nitrogen and oxygen atoms in total. The Labute approximate surface area is 106 Å². The van der Waals surface area contributed by atoms with Crippen LogP contribution in [-0.4, -0.2) is 20.6 Å². The first-order chi connectivity index (χ1) is 8.89. The SMILES string of the molecule is O=C(O)Cn1ccnc1-c1ccccc1C(F)(F)F. The largest absolute Gasteiger partial charge is 0.480 e. The van der Waals surface area contributed by atoms with E-state index < -0.39 is 24.3 Å². The minimum absolute atomic E-state index is 0.0182. The molecule has 0 atom stereocenters. The molecule has 2 rings (SSSR count). The Morgan fingerprint density at radius 3 is 2.63 bits per heavy atom. The lowest BCUT2D eigenvalue weighted by Gasteiger charge is -2.13. The summed E-state index contributed by atoms with van der Waals surface area (Å²) >= 11 is 0. The van der Waals surface area contributed by atoms with E-state index in [1.807, 2.05) is 0 Å². The lowest BCUT2D eigenvalue weighted by atomic mass is 10.1. The maximum Gasteiger partial charge on any atom is 0.417 e. The highest BCUT2D eigenvalue weighted by Gasteiger charge is 2.34. The zero-order chi connectivity index (χ0) is 14.0. The van der Waals surface area contributed by atoms with Gasteiger partial charge in [0.2, 0.25) is 0 Å². The van der Waals surface area contributed by atoms with Crippen molar-refractivity contribution in [2.45, 2.75) is 12.7 Å². The van der Waals surface area contributed by atoms with Gasteiger partial charge >= 0.3 is 12.1 Å². The van der Waals surface area contributed by atoms with Crippen molar-refractivity contribution in [3.63, 3.8) is 0 Å². The van der Waals surface area contributed by atoms with Crippen LogP contribution in [0.4, 0.5) is 13.2 Å². The van der Waals surface area contributed by atoms with Crippen molar-refractivity contribution < 1.29 is 23.1 Å². The molecule has 0 saturated heterocycles. The van der Waals surface area contributed by atoms with Gasteiger partial charge in [-0.3, -0.25) is 4.79 Å². The summed E-state index contributed by atoms with van der Waals surface area (Å²) in [6.45, 7) is -0.443. The maximum atomic E-state index is 12.9. The van der Waals surface area contributed by atoms with Crippen LogP contribution in [0.15, 0.2) is 36.7 Å². The molecule has 1 aromatic heterocycles. The van der Waals surface area contributed by atoms with Gasteiger partial charge in [0, 0.05) is 18.0 Å². The third kappa shape index (κ3) is 2.75. The molecule has 0 unspecified atom stereocenters. The zero-order valence-corrected chi connectivity index (χ0v) is 9.55. The van der Waals surface area contributed by atoms with E-state index >= 15 is 0 Å². The molecule has 0 saturated carbocycles. The Morgan fingerprint density at radius 2 is 2.00 bits per heavy atom. The average molecular weight is 270 g/mol. The number of aromatic nitrogens is 2. The van der Waals surface area contributed by atoms with Gasteiger partial charge in [0.05, 0.1) is 5.56 Å². The molecule has 0 aliphatic rings. The van der Waals surface area contributed by atoms with Crippen LogP contribution in [0.5, 0.6) is 0 Å². The molecule has 0 spiro atoms. The molecule has 0 radical (unpaired) electrons. The highest BCUT2D eigenvalue weighted by atomic mass is 19.4. The van der Waals surface area contributed by atoms with Crippen molar-refractivity contribution in [1.29, 1.82) is 0 Å². The van der Waals surface area contributed by atoms with Crippen LogP contribution in [0, 0.1) is 0 Å². The van der Waals surface area contributed by atoms with E-state index in [1.54, 1.807) is 0 Å². The molecule has 0 aliphatic heterocycles. The Balaban J connectivity index is 2.54. The normalized spacial score (nSPS) is 11.5. The molecule has 1 aromatic carbocycles. The number of carbonyl (C=O) groups is 1. The van der Waals surface area contributed by atoms with Gasteiger partial charge < -0.3 is 9.67 Å². The number of rotatable bonds is 3. The summed E-state index contributed by atoms with van der Waals surface area (Å²) in [5.74, 6) is -1.17. The molecular weight excluding hydrogens is 261 g/mol. The second kappa shape index (κ2) is 4.75. The Kier molecular flexibility index (Phi) is 3.28. The van der Waals surface area contributed by atoms with E-state index in [0.29, 0.717) is 0 Å². The second-order valence-electron chi connectivity index (χ2n) is 3.82. The highest BCUT2D eigenvalue weighted by Crippen LogP contribution is 2.36. The van der Waals surface area contributed by atoms with Gasteiger partial charge in [-0.25, -0.2) is 4.98 Å². The number of aliphatic carboxylic acids is 1. The van der Waals surface area contributed by atoms with Crippen molar-refractivity contribution in [2.24, 2.45) is 0 Å². The van der Waals surface area contributed by atoms with Crippen molar-refractivity contribution in [3.8, 4) is 11.4 Å². The molecular formula is C12H9F3N2O2. The fraction of sp³-hybridized carbons (Fsp3) is 0.167. The summed E-state index contributed by atoms with van der Waals surface area (Å²) in [7, 11) is 0. The number of benzene rings is 1. The highest BCUT2D eigenvalue weighted by molar-refractivity contribution is 5.69. The minimum Gasteiger partial charge on any atom is -0.480 e. The van der Waals surface area contributed by atoms with E-state index in [9.17, 15) is 18.0 Å². The number of alkyl halides is 3. The van der Waals surface area contributed by atoms with Crippen LogP contribution in [0.25, 0.3) is 11.4 Å². The molecule has 19 heavy (non-hydrogen) atoms. The van der Waals surface area contributed by atoms with Crippen molar-refractivity contribution in [2.75, 3.05) is 0 Å². The van der Waals surface area contributed by atoms with Crippen molar-refractivity contribution in [1.82, 2.24) is 9.55 Å². The Morgan fingerprint density at radius 1 is 1.32 bits per heavy atom. The summed E-state index contributed by atoms with van der Waals surface area (Å²) < 4.78 is 39.8. The van der Waals surface area contributed by atoms with Gasteiger partial charge in [-0.15, -0.1) is 0 Å². The van der Waals surface area contributed by atoms with Crippen LogP contribution in [0.2, 0.25) is 0 Å². The topological polar surface area (TPSA) is 55.1 Å². The number of imidazole rings is 1. The standard InChI is InChI=1S/C12H9F3N2O2/c13-12(14,15)9-4-2-1-3-8(9)11-16-5-6-17(11)7-10(18)19/h1-6H,7H2,(H,18,19). The molecule has 100 valence electrons. The number of hydrogen-bond acceptors (Lipinski definition) is 2. The average Bonchev–Trinajstić information content (AvgIpc) is 2.75. The van der Waals surface area contributed by atoms with Gasteiger partial charge in [-0.2, -0.15) is 13.2 Å². The monoisotopic (exact) mass is 270 g/mol. The number of nitrogens with zero attached hydrogens (tertiary/aromatic N) is 2. The predicted molar refractivity (Wildman–Crippen MR) is 60.3 cm³/mol. The van der Waals surface area contributed by atoms with E-state index in [-0.39, 0.29) is 11.4 Å². The molecule has 1 heterocycles. The van der Waals surface area contributed by atoms with E-state index in [4.69, 9.17) is 5.11 Å². The fourth-order valence-electron chi connectivity index (χ4n) is 1.75. The van der Waals surface area contributed by atoms with Crippen LogP contribution < -0.4 is 0 Å². The van der Waals surface area contributed by atoms with Gasteiger partial charge in [0.15, 0.2) is 0 Å². The number of carboxylic acids is 1. The van der Waals surface area contributed by atoms with Gasteiger partial charge in [0.25, 0.3) is 0 Å². The van der Waals surface area contributed by atoms with Crippen LogP contribution in [0.3, 0.4) is 0 Å². The Hall–Kier alpha value is -2.31. The number of carboxylic acid groups (broad SMARTS) is 1. The van der Waals surface area contributed by atoms with Gasteiger partial charge in [-0.05, 0) is 6.07 Å². The third-order valence-corrected chi connectivity index (χ3v) is 2.49. The first-order valence-electron chi connectivity index (χ1n) is 5.29. The van der Waals surface area contributed by atoms with Gasteiger partial charge in [-0.1, -0.05) is 18.2 Å². The van der Waals surface area contributed by atoms with E-state index in [1.165, 1.54) is 30.6 Å².